The van der Waals surface area contributed by atoms with Gasteiger partial charge >= 0.3 is 5.97 Å². The largest absolute Gasteiger partial charge is 0.477 e. The summed E-state index contributed by atoms with van der Waals surface area (Å²) in [5, 5.41) is 9.07. The molecule has 0 bridgehead atoms. The van der Waals surface area contributed by atoms with E-state index in [0.717, 1.165) is 0 Å². The van der Waals surface area contributed by atoms with Gasteiger partial charge in [0.1, 0.15) is 11.5 Å². The number of aliphatic carboxylic acids is 1. The lowest BCUT2D eigenvalue weighted by Gasteiger charge is -2.42. The van der Waals surface area contributed by atoms with E-state index >= 15 is 0 Å². The van der Waals surface area contributed by atoms with E-state index in [1.54, 1.807) is 13.8 Å². The highest BCUT2D eigenvalue weighted by molar-refractivity contribution is 6.03. The van der Waals surface area contributed by atoms with Crippen LogP contribution in [0.3, 0.4) is 0 Å². The molecule has 1 saturated heterocycles. The second-order valence-corrected chi connectivity index (χ2v) is 4.52. The van der Waals surface area contributed by atoms with Crippen molar-refractivity contribution < 1.29 is 19.5 Å². The van der Waals surface area contributed by atoms with Crippen molar-refractivity contribution in [1.29, 1.82) is 0 Å². The van der Waals surface area contributed by atoms with E-state index in [-0.39, 0.29) is 29.9 Å². The smallest absolute Gasteiger partial charge is 0.352 e. The third-order valence-electron chi connectivity index (χ3n) is 3.92. The van der Waals surface area contributed by atoms with Crippen LogP contribution in [-0.4, -0.2) is 33.7 Å². The van der Waals surface area contributed by atoms with Crippen molar-refractivity contribution in [2.45, 2.75) is 33.2 Å². The standard InChI is InChI=1S/C11H13NO4/c1-5-9(10(15)16)12-7(4-8(12)14)11(5,3)6(2)13/h7H,4H2,1-3H3,(H,15,16)/t7-,11?/m0/s1. The Bertz CT molecular complexity index is 451. The number of fused-ring (bicyclic) bond motifs is 1. The predicted octanol–water partition coefficient (Wildman–Crippen LogP) is 0.555. The van der Waals surface area contributed by atoms with Gasteiger partial charge in [0.05, 0.1) is 11.5 Å². The molecule has 0 spiro atoms. The number of Topliss-reactive ketones (excluding diaryl/α,β-unsaturated/α-hetero) is 1. The van der Waals surface area contributed by atoms with Crippen LogP contribution in [0.25, 0.3) is 0 Å². The van der Waals surface area contributed by atoms with Gasteiger partial charge in [-0.3, -0.25) is 9.59 Å². The van der Waals surface area contributed by atoms with Crippen molar-refractivity contribution >= 4 is 17.7 Å². The molecule has 16 heavy (non-hydrogen) atoms. The zero-order valence-electron chi connectivity index (χ0n) is 9.40. The summed E-state index contributed by atoms with van der Waals surface area (Å²) in [6.07, 6.45) is 0.254. The fourth-order valence-corrected chi connectivity index (χ4v) is 2.60. The maximum Gasteiger partial charge on any atom is 0.352 e. The van der Waals surface area contributed by atoms with Crippen LogP contribution in [0.15, 0.2) is 11.3 Å². The average Bonchev–Trinajstić information content (AvgIpc) is 2.36. The first-order chi connectivity index (χ1) is 7.31. The third-order valence-corrected chi connectivity index (χ3v) is 3.92. The molecule has 5 nitrogen and oxygen atoms in total. The highest BCUT2D eigenvalue weighted by atomic mass is 16.4. The van der Waals surface area contributed by atoms with E-state index < -0.39 is 11.4 Å². The van der Waals surface area contributed by atoms with E-state index in [2.05, 4.69) is 0 Å². The van der Waals surface area contributed by atoms with Crippen LogP contribution in [0.2, 0.25) is 0 Å². The van der Waals surface area contributed by atoms with Gasteiger partial charge in [0.25, 0.3) is 0 Å². The number of carboxylic acid groups (broad SMARTS) is 1. The Kier molecular flexibility index (Phi) is 1.99. The Morgan fingerprint density at radius 2 is 2.06 bits per heavy atom. The Balaban J connectivity index is 2.58. The number of carbonyl (C=O) groups excluding carboxylic acids is 2. The fraction of sp³-hybridized carbons (Fsp3) is 0.545. The average molecular weight is 223 g/mol. The van der Waals surface area contributed by atoms with Crippen LogP contribution in [0.1, 0.15) is 27.2 Å². The molecule has 2 rings (SSSR count). The van der Waals surface area contributed by atoms with E-state index in [4.69, 9.17) is 5.11 Å². The molecule has 1 unspecified atom stereocenters. The highest BCUT2D eigenvalue weighted by Gasteiger charge is 2.60. The van der Waals surface area contributed by atoms with Crippen molar-refractivity contribution in [3.63, 3.8) is 0 Å². The van der Waals surface area contributed by atoms with Gasteiger partial charge in [0.15, 0.2) is 0 Å². The number of hydrogen-bond acceptors (Lipinski definition) is 3. The second kappa shape index (κ2) is 2.93. The van der Waals surface area contributed by atoms with Gasteiger partial charge in [0, 0.05) is 6.42 Å². The number of hydrogen-bond donors (Lipinski definition) is 1. The summed E-state index contributed by atoms with van der Waals surface area (Å²) < 4.78 is 0. The first-order valence-corrected chi connectivity index (χ1v) is 5.09. The quantitative estimate of drug-likeness (QED) is 0.694. The topological polar surface area (TPSA) is 74.7 Å². The minimum atomic E-state index is -1.14. The molecule has 1 fully saturated rings. The predicted molar refractivity (Wildman–Crippen MR) is 54.4 cm³/mol. The lowest BCUT2D eigenvalue weighted by Crippen LogP contribution is -2.57. The minimum absolute atomic E-state index is 0.0149. The maximum absolute atomic E-state index is 11.7. The van der Waals surface area contributed by atoms with Gasteiger partial charge in [-0.1, -0.05) is 0 Å². The summed E-state index contributed by atoms with van der Waals surface area (Å²) in [6.45, 7) is 4.77. The molecule has 2 atom stereocenters. The van der Waals surface area contributed by atoms with E-state index in [1.165, 1.54) is 11.8 Å². The molecule has 2 heterocycles. The van der Waals surface area contributed by atoms with Crippen LogP contribution in [0.5, 0.6) is 0 Å². The zero-order chi connectivity index (χ0) is 12.2. The number of rotatable bonds is 2. The summed E-state index contributed by atoms with van der Waals surface area (Å²) in [5.41, 5.74) is -0.357. The molecule has 0 saturated carbocycles. The Morgan fingerprint density at radius 3 is 2.38 bits per heavy atom. The van der Waals surface area contributed by atoms with Gasteiger partial charge in [-0.05, 0) is 26.3 Å². The Hall–Kier alpha value is -1.65. The zero-order valence-corrected chi connectivity index (χ0v) is 9.40. The number of carboxylic acids is 1. The van der Waals surface area contributed by atoms with Gasteiger partial charge in [0.2, 0.25) is 5.91 Å². The van der Waals surface area contributed by atoms with E-state index in [0.29, 0.717) is 5.57 Å². The van der Waals surface area contributed by atoms with Crippen molar-refractivity contribution in [3.8, 4) is 0 Å². The van der Waals surface area contributed by atoms with Gasteiger partial charge in [-0.25, -0.2) is 4.79 Å². The summed E-state index contributed by atoms with van der Waals surface area (Å²) in [6, 6.07) is -0.302. The molecular weight excluding hydrogens is 210 g/mol. The van der Waals surface area contributed by atoms with E-state index in [9.17, 15) is 14.4 Å². The normalized spacial score (nSPS) is 32.6. The molecule has 0 radical (unpaired) electrons. The monoisotopic (exact) mass is 223 g/mol. The number of ketones is 1. The van der Waals surface area contributed by atoms with E-state index in [1.807, 2.05) is 0 Å². The number of amides is 1. The molecule has 1 amide bonds. The molecule has 0 aromatic rings. The van der Waals surface area contributed by atoms with Gasteiger partial charge in [-0.2, -0.15) is 0 Å². The van der Waals surface area contributed by atoms with Gasteiger partial charge in [-0.15, -0.1) is 0 Å². The highest BCUT2D eigenvalue weighted by Crippen LogP contribution is 2.50. The molecule has 86 valence electrons. The lowest BCUT2D eigenvalue weighted by molar-refractivity contribution is -0.151. The molecule has 1 N–H and O–H groups in total. The van der Waals surface area contributed by atoms with Crippen LogP contribution in [-0.2, 0) is 14.4 Å². The number of β-lactam (4-membered cyclic amide) rings is 1. The second-order valence-electron chi connectivity index (χ2n) is 4.52. The van der Waals surface area contributed by atoms with Crippen molar-refractivity contribution in [2.75, 3.05) is 0 Å². The molecule has 2 aliphatic rings. The molecule has 2 aliphatic heterocycles. The molecule has 0 aromatic carbocycles. The SMILES string of the molecule is CC(=O)C1(C)C(C)=C(C(=O)O)N2C(=O)C[C@H]21. The first-order valence-electron chi connectivity index (χ1n) is 5.09. The summed E-state index contributed by atoms with van der Waals surface area (Å²) in [5.74, 6) is -1.45. The summed E-state index contributed by atoms with van der Waals surface area (Å²) >= 11 is 0. The molecular formula is C11H13NO4. The van der Waals surface area contributed by atoms with Gasteiger partial charge < -0.3 is 10.0 Å². The molecule has 5 heteroatoms. The fourth-order valence-electron chi connectivity index (χ4n) is 2.60. The molecule has 0 aromatic heterocycles. The summed E-state index contributed by atoms with van der Waals surface area (Å²) in [4.78, 5) is 35.4. The lowest BCUT2D eigenvalue weighted by atomic mass is 9.72. The Labute approximate surface area is 92.7 Å². The number of carbonyl (C=O) groups is 3. The van der Waals surface area contributed by atoms with Crippen molar-refractivity contribution in [2.24, 2.45) is 5.41 Å². The van der Waals surface area contributed by atoms with Crippen molar-refractivity contribution in [1.82, 2.24) is 4.90 Å². The van der Waals surface area contributed by atoms with Crippen LogP contribution in [0, 0.1) is 5.41 Å². The summed E-state index contributed by atoms with van der Waals surface area (Å²) in [7, 11) is 0. The van der Waals surface area contributed by atoms with Crippen molar-refractivity contribution in [3.05, 3.63) is 11.3 Å². The third kappa shape index (κ3) is 0.977. The first kappa shape index (κ1) is 10.9. The van der Waals surface area contributed by atoms with Crippen LogP contribution < -0.4 is 0 Å². The van der Waals surface area contributed by atoms with Crippen LogP contribution >= 0.6 is 0 Å². The Morgan fingerprint density at radius 1 is 1.50 bits per heavy atom. The number of nitrogens with zero attached hydrogens (tertiary/aromatic N) is 1. The van der Waals surface area contributed by atoms with Crippen LogP contribution in [0.4, 0.5) is 0 Å². The maximum atomic E-state index is 11.7. The molecule has 0 aliphatic carbocycles. The minimum Gasteiger partial charge on any atom is -0.477 e.